The van der Waals surface area contributed by atoms with Crippen molar-refractivity contribution in [3.05, 3.63) is 38.3 Å². The van der Waals surface area contributed by atoms with Crippen LogP contribution in [0.15, 0.2) is 22.7 Å². The minimum atomic E-state index is -0.374. The van der Waals surface area contributed by atoms with Gasteiger partial charge in [0.15, 0.2) is 0 Å². The Kier molecular flexibility index (Phi) is 4.54. The predicted octanol–water partition coefficient (Wildman–Crippen LogP) is 3.92. The zero-order valence-electron chi connectivity index (χ0n) is 8.24. The Morgan fingerprint density at radius 2 is 2.27 bits per heavy atom. The molecule has 1 unspecified atom stereocenters. The minimum absolute atomic E-state index is 0.0574. The van der Waals surface area contributed by atoms with Crippen LogP contribution >= 0.6 is 27.5 Å². The van der Waals surface area contributed by atoms with Crippen LogP contribution in [0.25, 0.3) is 0 Å². The molecular formula is C10H11BrClNO2. The third-order valence-electron chi connectivity index (χ3n) is 2.12. The first-order valence-electron chi connectivity index (χ1n) is 4.61. The van der Waals surface area contributed by atoms with Crippen molar-refractivity contribution in [1.82, 2.24) is 0 Å². The number of nitro benzene ring substituents is 1. The number of nitrogens with zero attached hydrogens (tertiary/aromatic N) is 1. The average molecular weight is 293 g/mol. The van der Waals surface area contributed by atoms with Gasteiger partial charge < -0.3 is 0 Å². The lowest BCUT2D eigenvalue weighted by Gasteiger charge is -2.07. The van der Waals surface area contributed by atoms with Crippen LogP contribution in [0.1, 0.15) is 18.9 Å². The molecule has 0 N–H and O–H groups in total. The smallest absolute Gasteiger partial charge is 0.258 e. The van der Waals surface area contributed by atoms with Crippen LogP contribution in [0.2, 0.25) is 0 Å². The van der Waals surface area contributed by atoms with Crippen molar-refractivity contribution in [2.24, 2.45) is 0 Å². The van der Waals surface area contributed by atoms with Crippen LogP contribution in [0.5, 0.6) is 0 Å². The summed E-state index contributed by atoms with van der Waals surface area (Å²) in [6.45, 7) is 1.96. The Morgan fingerprint density at radius 1 is 1.60 bits per heavy atom. The molecule has 0 spiro atoms. The highest BCUT2D eigenvalue weighted by Crippen LogP contribution is 2.25. The van der Waals surface area contributed by atoms with Crippen molar-refractivity contribution >= 4 is 33.2 Å². The lowest BCUT2D eigenvalue weighted by atomic mass is 10.1. The summed E-state index contributed by atoms with van der Waals surface area (Å²) in [6, 6.07) is 4.92. The molecule has 0 aromatic heterocycles. The molecule has 15 heavy (non-hydrogen) atoms. The summed E-state index contributed by atoms with van der Waals surface area (Å²) in [5.74, 6) is 0. The first-order valence-corrected chi connectivity index (χ1v) is 5.84. The van der Waals surface area contributed by atoms with Crippen molar-refractivity contribution in [2.75, 3.05) is 0 Å². The van der Waals surface area contributed by atoms with Gasteiger partial charge >= 0.3 is 0 Å². The van der Waals surface area contributed by atoms with Crippen LogP contribution in [0.4, 0.5) is 5.69 Å². The van der Waals surface area contributed by atoms with E-state index in [1.165, 1.54) is 6.07 Å². The number of benzene rings is 1. The largest absolute Gasteiger partial charge is 0.272 e. The third-order valence-corrected chi connectivity index (χ3v) is 3.08. The molecule has 5 heteroatoms. The van der Waals surface area contributed by atoms with Gasteiger partial charge in [-0.1, -0.05) is 22.9 Å². The molecule has 0 saturated carbocycles. The van der Waals surface area contributed by atoms with Crippen LogP contribution in [-0.2, 0) is 6.42 Å². The van der Waals surface area contributed by atoms with Gasteiger partial charge in [0.1, 0.15) is 0 Å². The van der Waals surface area contributed by atoms with E-state index >= 15 is 0 Å². The van der Waals surface area contributed by atoms with Crippen molar-refractivity contribution in [2.45, 2.75) is 25.1 Å². The van der Waals surface area contributed by atoms with Crippen molar-refractivity contribution < 1.29 is 4.92 Å². The van der Waals surface area contributed by atoms with Gasteiger partial charge in [0, 0.05) is 21.5 Å². The van der Waals surface area contributed by atoms with Crippen LogP contribution in [0.3, 0.4) is 0 Å². The van der Waals surface area contributed by atoms with Crippen molar-refractivity contribution in [3.63, 3.8) is 0 Å². The Morgan fingerprint density at radius 3 is 2.80 bits per heavy atom. The molecule has 1 rings (SSSR count). The zero-order valence-corrected chi connectivity index (χ0v) is 10.6. The van der Waals surface area contributed by atoms with E-state index in [4.69, 9.17) is 11.6 Å². The molecule has 0 aliphatic rings. The van der Waals surface area contributed by atoms with Crippen LogP contribution in [0, 0.1) is 10.1 Å². The lowest BCUT2D eigenvalue weighted by molar-refractivity contribution is -0.385. The van der Waals surface area contributed by atoms with E-state index in [1.807, 2.05) is 6.92 Å². The number of hydrogen-bond donors (Lipinski definition) is 0. The fraction of sp³-hybridized carbons (Fsp3) is 0.400. The highest BCUT2D eigenvalue weighted by molar-refractivity contribution is 9.10. The molecule has 3 nitrogen and oxygen atoms in total. The maximum absolute atomic E-state index is 10.8. The maximum atomic E-state index is 10.8. The quantitative estimate of drug-likeness (QED) is 0.479. The summed E-state index contributed by atoms with van der Waals surface area (Å²) in [4.78, 5) is 10.4. The van der Waals surface area contributed by atoms with Crippen molar-refractivity contribution in [1.29, 1.82) is 0 Å². The molecular weight excluding hydrogens is 281 g/mol. The third kappa shape index (κ3) is 3.47. The first-order chi connectivity index (χ1) is 7.04. The summed E-state index contributed by atoms with van der Waals surface area (Å²) in [7, 11) is 0. The first kappa shape index (κ1) is 12.5. The number of halogens is 2. The molecule has 0 aliphatic heterocycles. The molecule has 0 amide bonds. The van der Waals surface area contributed by atoms with E-state index in [9.17, 15) is 10.1 Å². The second kappa shape index (κ2) is 5.47. The summed E-state index contributed by atoms with van der Waals surface area (Å²) in [5.41, 5.74) is 0.813. The Balaban J connectivity index is 3.02. The molecule has 0 radical (unpaired) electrons. The maximum Gasteiger partial charge on any atom is 0.272 e. The predicted molar refractivity (Wildman–Crippen MR) is 64.4 cm³/mol. The normalized spacial score (nSPS) is 12.5. The fourth-order valence-electron chi connectivity index (χ4n) is 1.28. The molecule has 0 saturated heterocycles. The summed E-state index contributed by atoms with van der Waals surface area (Å²) in [6.07, 6.45) is 1.32. The highest BCUT2D eigenvalue weighted by Gasteiger charge is 2.16. The molecule has 82 valence electrons. The van der Waals surface area contributed by atoms with E-state index in [0.29, 0.717) is 12.0 Å². The molecule has 1 aromatic rings. The van der Waals surface area contributed by atoms with Gasteiger partial charge in [-0.15, -0.1) is 11.6 Å². The standard InChI is InChI=1S/C10H11BrClNO2/c1-2-9(12)6-7-5-8(11)3-4-10(7)13(14)15/h3-5,9H,2,6H2,1H3. The molecule has 1 atom stereocenters. The van der Waals surface area contributed by atoms with Gasteiger partial charge in [0.2, 0.25) is 0 Å². The van der Waals surface area contributed by atoms with Crippen LogP contribution in [-0.4, -0.2) is 10.3 Å². The van der Waals surface area contributed by atoms with Crippen molar-refractivity contribution in [3.8, 4) is 0 Å². The molecule has 0 heterocycles. The van der Waals surface area contributed by atoms with E-state index in [0.717, 1.165) is 10.9 Å². The van der Waals surface area contributed by atoms with E-state index < -0.39 is 0 Å². The number of alkyl halides is 1. The number of hydrogen-bond acceptors (Lipinski definition) is 2. The van der Waals surface area contributed by atoms with Gasteiger partial charge in [0.25, 0.3) is 5.69 Å². The van der Waals surface area contributed by atoms with E-state index in [1.54, 1.807) is 12.1 Å². The average Bonchev–Trinajstić information content (AvgIpc) is 2.17. The Hall–Kier alpha value is -0.610. The lowest BCUT2D eigenvalue weighted by Crippen LogP contribution is -2.04. The number of nitro groups is 1. The zero-order chi connectivity index (χ0) is 11.4. The van der Waals surface area contributed by atoms with Crippen LogP contribution < -0.4 is 0 Å². The van der Waals surface area contributed by atoms with Gasteiger partial charge in [-0.25, -0.2) is 0 Å². The van der Waals surface area contributed by atoms with Gasteiger partial charge in [0.05, 0.1) is 4.92 Å². The van der Waals surface area contributed by atoms with Gasteiger partial charge in [-0.2, -0.15) is 0 Å². The molecule has 0 aliphatic carbocycles. The molecule has 0 bridgehead atoms. The molecule has 1 aromatic carbocycles. The number of rotatable bonds is 4. The second-order valence-corrected chi connectivity index (χ2v) is 4.77. The van der Waals surface area contributed by atoms with E-state index in [2.05, 4.69) is 15.9 Å². The highest BCUT2D eigenvalue weighted by atomic mass is 79.9. The minimum Gasteiger partial charge on any atom is -0.258 e. The Labute approximate surface area is 102 Å². The summed E-state index contributed by atoms with van der Waals surface area (Å²) in [5, 5.41) is 10.7. The SMILES string of the molecule is CCC(Cl)Cc1cc(Br)ccc1[N+](=O)[O-]. The topological polar surface area (TPSA) is 43.1 Å². The monoisotopic (exact) mass is 291 g/mol. The second-order valence-electron chi connectivity index (χ2n) is 3.24. The summed E-state index contributed by atoms with van der Waals surface area (Å²) >= 11 is 9.28. The molecule has 0 fully saturated rings. The summed E-state index contributed by atoms with van der Waals surface area (Å²) < 4.78 is 0.836. The van der Waals surface area contributed by atoms with E-state index in [-0.39, 0.29) is 16.0 Å². The van der Waals surface area contributed by atoms with Gasteiger partial charge in [-0.3, -0.25) is 10.1 Å². The Bertz CT molecular complexity index is 370. The fourth-order valence-corrected chi connectivity index (χ4v) is 1.85. The van der Waals surface area contributed by atoms with Gasteiger partial charge in [-0.05, 0) is 25.0 Å².